The summed E-state index contributed by atoms with van der Waals surface area (Å²) in [6.07, 6.45) is 1.58. The number of hydrogen-bond donors (Lipinski definition) is 4. The smallest absolute Gasteiger partial charge is 0.304 e. The molecule has 0 aliphatic carbocycles. The molecule has 3 aromatic heterocycles. The molecule has 5 N–H and O–H groups in total. The lowest BCUT2D eigenvalue weighted by atomic mass is 10.1. The zero-order chi connectivity index (χ0) is 23.2. The fourth-order valence-corrected chi connectivity index (χ4v) is 3.60. The van der Waals surface area contributed by atoms with Crippen LogP contribution in [0, 0.1) is 5.82 Å². The fourth-order valence-electron chi connectivity index (χ4n) is 3.60. The summed E-state index contributed by atoms with van der Waals surface area (Å²) < 4.78 is 15.1. The van der Waals surface area contributed by atoms with Crippen LogP contribution in [0.1, 0.15) is 5.56 Å². The molecule has 0 saturated heterocycles. The van der Waals surface area contributed by atoms with Crippen molar-refractivity contribution >= 4 is 17.0 Å². The Bertz CT molecular complexity index is 1460. The van der Waals surface area contributed by atoms with E-state index < -0.39 is 5.97 Å². The second kappa shape index (κ2) is 7.75. The molecule has 5 aromatic rings. The quantitative estimate of drug-likeness (QED) is 0.314. The van der Waals surface area contributed by atoms with Gasteiger partial charge >= 0.3 is 5.97 Å². The van der Waals surface area contributed by atoms with Crippen LogP contribution in [0.15, 0.2) is 79.0 Å². The van der Waals surface area contributed by atoms with Crippen LogP contribution in [-0.4, -0.2) is 34.8 Å². The third-order valence-corrected chi connectivity index (χ3v) is 5.24. The van der Waals surface area contributed by atoms with Gasteiger partial charge in [-0.1, -0.05) is 0 Å². The number of pyridine rings is 2. The molecule has 0 radical (unpaired) electrons. The third-order valence-electron chi connectivity index (χ3n) is 5.24. The first-order valence-corrected chi connectivity index (χ1v) is 9.95. The first-order chi connectivity index (χ1) is 15.8. The van der Waals surface area contributed by atoms with Crippen molar-refractivity contribution in [2.75, 3.05) is 5.73 Å². The van der Waals surface area contributed by atoms with Gasteiger partial charge in [0.15, 0.2) is 11.5 Å². The van der Waals surface area contributed by atoms with E-state index in [1.807, 2.05) is 6.07 Å². The Balaban J connectivity index is 1.76. The van der Waals surface area contributed by atoms with E-state index in [0.29, 0.717) is 33.9 Å². The number of hydrogen-bond acceptors (Lipinski definition) is 7. The van der Waals surface area contributed by atoms with Gasteiger partial charge in [-0.05, 0) is 72.8 Å². The summed E-state index contributed by atoms with van der Waals surface area (Å²) in [5.74, 6) is -2.54. The van der Waals surface area contributed by atoms with Crippen LogP contribution in [0.5, 0.6) is 0 Å². The van der Waals surface area contributed by atoms with Gasteiger partial charge in [0, 0.05) is 23.0 Å². The van der Waals surface area contributed by atoms with Crippen LogP contribution < -0.4 is 5.73 Å². The number of benzene rings is 2. The first kappa shape index (κ1) is 20.7. The lowest BCUT2D eigenvalue weighted by Gasteiger charge is -2.15. The van der Waals surface area contributed by atoms with E-state index in [1.54, 1.807) is 53.2 Å². The number of aliphatic hydroxyl groups is 3. The fraction of sp³-hybridized carbons (Fsp3) is 0.0417. The average Bonchev–Trinajstić information content (AvgIpc) is 3.18. The second-order valence-electron chi connectivity index (χ2n) is 7.44. The van der Waals surface area contributed by atoms with E-state index in [2.05, 4.69) is 4.98 Å². The van der Waals surface area contributed by atoms with Gasteiger partial charge in [0.05, 0.1) is 11.3 Å². The van der Waals surface area contributed by atoms with Gasteiger partial charge < -0.3 is 21.1 Å². The number of rotatable bonds is 4. The zero-order valence-corrected chi connectivity index (χ0v) is 17.1. The Morgan fingerprint density at radius 3 is 2.24 bits per heavy atom. The van der Waals surface area contributed by atoms with Crippen LogP contribution in [-0.2, 0) is 5.97 Å². The molecule has 5 rings (SSSR count). The van der Waals surface area contributed by atoms with Gasteiger partial charge in [-0.15, -0.1) is 0 Å². The standard InChI is InChI=1S/C24H18FN5O3/c25-16-7-3-14(4-8-16)19-11-12-20-23(28-19)30(17-9-5-15(6-10-17)24(31,32)33)22(29-20)18-2-1-13-27-21(18)26/h1-13,31-33H,(H2,26,27). The van der Waals surface area contributed by atoms with Crippen LogP contribution in [0.4, 0.5) is 10.2 Å². The van der Waals surface area contributed by atoms with E-state index in [0.717, 1.165) is 5.56 Å². The maximum Gasteiger partial charge on any atom is 0.304 e. The lowest BCUT2D eigenvalue weighted by molar-refractivity contribution is -0.323. The highest BCUT2D eigenvalue weighted by Gasteiger charge is 2.23. The van der Waals surface area contributed by atoms with Crippen molar-refractivity contribution in [1.82, 2.24) is 19.5 Å². The molecule has 0 aliphatic heterocycles. The summed E-state index contributed by atoms with van der Waals surface area (Å²) >= 11 is 0. The van der Waals surface area contributed by atoms with Crippen molar-refractivity contribution in [2.24, 2.45) is 0 Å². The normalized spacial score (nSPS) is 11.8. The average molecular weight is 443 g/mol. The van der Waals surface area contributed by atoms with E-state index in [9.17, 15) is 19.7 Å². The predicted molar refractivity (Wildman–Crippen MR) is 120 cm³/mol. The Hall–Kier alpha value is -4.18. The van der Waals surface area contributed by atoms with Gasteiger partial charge in [-0.3, -0.25) is 4.57 Å². The molecule has 0 atom stereocenters. The molecule has 0 spiro atoms. The number of fused-ring (bicyclic) bond motifs is 1. The van der Waals surface area contributed by atoms with Crippen molar-refractivity contribution < 1.29 is 19.7 Å². The number of aromatic nitrogens is 4. The van der Waals surface area contributed by atoms with Gasteiger partial charge in [0.1, 0.15) is 17.2 Å². The summed E-state index contributed by atoms with van der Waals surface area (Å²) in [5.41, 5.74) is 9.64. The van der Waals surface area contributed by atoms with E-state index >= 15 is 0 Å². The highest BCUT2D eigenvalue weighted by molar-refractivity contribution is 5.84. The Kier molecular flexibility index (Phi) is 4.86. The Morgan fingerprint density at radius 1 is 0.848 bits per heavy atom. The van der Waals surface area contributed by atoms with Crippen molar-refractivity contribution in [2.45, 2.75) is 5.97 Å². The van der Waals surface area contributed by atoms with Gasteiger partial charge in [0.25, 0.3) is 0 Å². The SMILES string of the molecule is Nc1ncccc1-c1nc2ccc(-c3ccc(F)cc3)nc2n1-c1ccc(C(O)(O)O)cc1. The number of nitrogen functional groups attached to an aromatic ring is 1. The maximum atomic E-state index is 13.4. The van der Waals surface area contributed by atoms with Gasteiger partial charge in [-0.2, -0.15) is 0 Å². The highest BCUT2D eigenvalue weighted by Crippen LogP contribution is 2.32. The molecule has 2 aromatic carbocycles. The molecular weight excluding hydrogens is 425 g/mol. The topological polar surface area (TPSA) is 130 Å². The molecular formula is C24H18FN5O3. The van der Waals surface area contributed by atoms with E-state index in [-0.39, 0.29) is 17.2 Å². The zero-order valence-electron chi connectivity index (χ0n) is 17.1. The van der Waals surface area contributed by atoms with Crippen LogP contribution in [0.2, 0.25) is 0 Å². The largest absolute Gasteiger partial charge is 0.383 e. The second-order valence-corrected chi connectivity index (χ2v) is 7.44. The van der Waals surface area contributed by atoms with Gasteiger partial charge in [-0.25, -0.2) is 19.3 Å². The molecule has 9 heteroatoms. The minimum absolute atomic E-state index is 0.0990. The minimum Gasteiger partial charge on any atom is -0.383 e. The van der Waals surface area contributed by atoms with Crippen molar-refractivity contribution in [3.63, 3.8) is 0 Å². The molecule has 0 bridgehead atoms. The first-order valence-electron chi connectivity index (χ1n) is 9.95. The van der Waals surface area contributed by atoms with Gasteiger partial charge in [0.2, 0.25) is 0 Å². The number of imidazole rings is 1. The molecule has 0 fully saturated rings. The molecule has 0 unspecified atom stereocenters. The minimum atomic E-state index is -2.96. The summed E-state index contributed by atoms with van der Waals surface area (Å²) in [6, 6.07) is 19.1. The highest BCUT2D eigenvalue weighted by atomic mass is 19.1. The van der Waals surface area contributed by atoms with Crippen molar-refractivity contribution in [1.29, 1.82) is 0 Å². The van der Waals surface area contributed by atoms with Crippen LogP contribution >= 0.6 is 0 Å². The number of nitrogens with two attached hydrogens (primary N) is 1. The van der Waals surface area contributed by atoms with Crippen LogP contribution in [0.25, 0.3) is 39.5 Å². The molecule has 8 nitrogen and oxygen atoms in total. The molecule has 0 aliphatic rings. The summed E-state index contributed by atoms with van der Waals surface area (Å²) in [4.78, 5) is 13.6. The lowest BCUT2D eigenvalue weighted by Crippen LogP contribution is -2.23. The Labute approximate surface area is 187 Å². The summed E-state index contributed by atoms with van der Waals surface area (Å²) in [6.45, 7) is 0. The van der Waals surface area contributed by atoms with Crippen molar-refractivity contribution in [3.8, 4) is 28.3 Å². The summed E-state index contributed by atoms with van der Waals surface area (Å²) in [5, 5.41) is 28.4. The monoisotopic (exact) mass is 443 g/mol. The van der Waals surface area contributed by atoms with E-state index in [4.69, 9.17) is 15.7 Å². The van der Waals surface area contributed by atoms with Crippen molar-refractivity contribution in [3.05, 3.63) is 90.4 Å². The number of nitrogens with zero attached hydrogens (tertiary/aromatic N) is 4. The molecule has 0 amide bonds. The molecule has 33 heavy (non-hydrogen) atoms. The third kappa shape index (κ3) is 3.80. The van der Waals surface area contributed by atoms with Crippen LogP contribution in [0.3, 0.4) is 0 Å². The molecule has 0 saturated carbocycles. The predicted octanol–water partition coefficient (Wildman–Crippen LogP) is 2.96. The molecule has 164 valence electrons. The maximum absolute atomic E-state index is 13.4. The number of anilines is 1. The summed E-state index contributed by atoms with van der Waals surface area (Å²) in [7, 11) is 0. The Morgan fingerprint density at radius 2 is 1.58 bits per heavy atom. The molecule has 3 heterocycles. The van der Waals surface area contributed by atoms with E-state index in [1.165, 1.54) is 24.3 Å². The number of halogens is 1.